The van der Waals surface area contributed by atoms with Crippen LogP contribution in [0.4, 0.5) is 5.69 Å². The molecule has 0 radical (unpaired) electrons. The molecule has 3 rings (SSSR count). The Balaban J connectivity index is 1.65. The van der Waals surface area contributed by atoms with Gasteiger partial charge < -0.3 is 10.1 Å². The lowest BCUT2D eigenvalue weighted by Gasteiger charge is -2.10. The average molecular weight is 360 g/mol. The summed E-state index contributed by atoms with van der Waals surface area (Å²) in [5.74, 6) is 1.36. The number of anilines is 1. The molecule has 0 bridgehead atoms. The average Bonchev–Trinajstić information content (AvgIpc) is 2.69. The van der Waals surface area contributed by atoms with Gasteiger partial charge in [-0.15, -0.1) is 0 Å². The molecule has 138 valence electrons. The summed E-state index contributed by atoms with van der Waals surface area (Å²) in [6.07, 6.45) is 1.86. The maximum atomic E-state index is 12.5. The largest absolute Gasteiger partial charge is 0.457 e. The van der Waals surface area contributed by atoms with E-state index < -0.39 is 0 Å². The van der Waals surface area contributed by atoms with E-state index >= 15 is 0 Å². The fourth-order valence-electron chi connectivity index (χ4n) is 2.78. The first-order valence-corrected chi connectivity index (χ1v) is 9.23. The second kappa shape index (κ2) is 8.49. The van der Waals surface area contributed by atoms with Gasteiger partial charge in [0.15, 0.2) is 0 Å². The van der Waals surface area contributed by atoms with Crippen LogP contribution in [-0.4, -0.2) is 10.9 Å². The van der Waals surface area contributed by atoms with Crippen molar-refractivity contribution >= 4 is 11.6 Å². The SMILES string of the molecule is CCc1ccc(Oc2ccc(NC(=O)c3ccc(CC)nc3C)cc2)cc1. The van der Waals surface area contributed by atoms with Crippen LogP contribution in [0.15, 0.2) is 60.7 Å². The van der Waals surface area contributed by atoms with Crippen molar-refractivity contribution in [2.24, 2.45) is 0 Å². The molecule has 1 aromatic heterocycles. The third kappa shape index (κ3) is 4.73. The summed E-state index contributed by atoms with van der Waals surface area (Å²) in [6, 6.07) is 19.1. The van der Waals surface area contributed by atoms with Crippen LogP contribution in [0.3, 0.4) is 0 Å². The molecule has 0 aliphatic carbocycles. The molecule has 2 aromatic carbocycles. The molecule has 4 nitrogen and oxygen atoms in total. The minimum Gasteiger partial charge on any atom is -0.457 e. The quantitative estimate of drug-likeness (QED) is 0.626. The fourth-order valence-corrected chi connectivity index (χ4v) is 2.78. The van der Waals surface area contributed by atoms with E-state index in [-0.39, 0.29) is 5.91 Å². The lowest BCUT2D eigenvalue weighted by Crippen LogP contribution is -2.14. The van der Waals surface area contributed by atoms with Crippen LogP contribution in [0.2, 0.25) is 0 Å². The first-order chi connectivity index (χ1) is 13.1. The Morgan fingerprint density at radius 2 is 1.52 bits per heavy atom. The zero-order valence-corrected chi connectivity index (χ0v) is 16.0. The second-order valence-electron chi connectivity index (χ2n) is 6.37. The number of nitrogens with one attached hydrogen (secondary N) is 1. The van der Waals surface area contributed by atoms with Crippen LogP contribution in [0, 0.1) is 6.92 Å². The molecule has 0 spiro atoms. The summed E-state index contributed by atoms with van der Waals surface area (Å²) in [7, 11) is 0. The number of benzene rings is 2. The molecule has 0 aliphatic heterocycles. The zero-order valence-electron chi connectivity index (χ0n) is 16.0. The Hall–Kier alpha value is -3.14. The molecular weight excluding hydrogens is 336 g/mol. The van der Waals surface area contributed by atoms with Crippen LogP contribution in [-0.2, 0) is 12.8 Å². The molecule has 1 amide bonds. The maximum absolute atomic E-state index is 12.5. The van der Waals surface area contributed by atoms with Gasteiger partial charge in [0.25, 0.3) is 5.91 Å². The van der Waals surface area contributed by atoms with Crippen molar-refractivity contribution in [1.82, 2.24) is 4.98 Å². The van der Waals surface area contributed by atoms with Gasteiger partial charge >= 0.3 is 0 Å². The van der Waals surface area contributed by atoms with E-state index in [4.69, 9.17) is 4.74 Å². The van der Waals surface area contributed by atoms with Gasteiger partial charge in [-0.1, -0.05) is 26.0 Å². The van der Waals surface area contributed by atoms with Crippen molar-refractivity contribution in [2.45, 2.75) is 33.6 Å². The Morgan fingerprint density at radius 3 is 2.07 bits per heavy atom. The summed E-state index contributed by atoms with van der Waals surface area (Å²) in [5.41, 5.74) is 4.30. The van der Waals surface area contributed by atoms with Crippen molar-refractivity contribution < 1.29 is 9.53 Å². The summed E-state index contributed by atoms with van der Waals surface area (Å²) in [6.45, 7) is 6.02. The molecular formula is C23H24N2O2. The number of amides is 1. The fraction of sp³-hybridized carbons (Fsp3) is 0.217. The number of ether oxygens (including phenoxy) is 1. The summed E-state index contributed by atoms with van der Waals surface area (Å²) in [4.78, 5) is 16.9. The van der Waals surface area contributed by atoms with E-state index in [9.17, 15) is 4.79 Å². The van der Waals surface area contributed by atoms with E-state index in [1.807, 2.05) is 62.4 Å². The summed E-state index contributed by atoms with van der Waals surface area (Å²) < 4.78 is 5.84. The van der Waals surface area contributed by atoms with Crippen molar-refractivity contribution in [3.05, 3.63) is 83.2 Å². The lowest BCUT2D eigenvalue weighted by molar-refractivity contribution is 0.102. The monoisotopic (exact) mass is 360 g/mol. The van der Waals surface area contributed by atoms with E-state index in [1.165, 1.54) is 5.56 Å². The van der Waals surface area contributed by atoms with Gasteiger partial charge in [-0.25, -0.2) is 0 Å². The molecule has 0 fully saturated rings. The van der Waals surface area contributed by atoms with Crippen LogP contribution >= 0.6 is 0 Å². The predicted molar refractivity (Wildman–Crippen MR) is 109 cm³/mol. The molecule has 0 aliphatic rings. The van der Waals surface area contributed by atoms with Crippen molar-refractivity contribution in [3.63, 3.8) is 0 Å². The maximum Gasteiger partial charge on any atom is 0.257 e. The molecule has 1 N–H and O–H groups in total. The minimum atomic E-state index is -0.161. The molecule has 0 saturated carbocycles. The number of aromatic nitrogens is 1. The molecule has 1 heterocycles. The number of pyridine rings is 1. The highest BCUT2D eigenvalue weighted by Gasteiger charge is 2.11. The lowest BCUT2D eigenvalue weighted by atomic mass is 10.1. The third-order valence-corrected chi connectivity index (χ3v) is 4.43. The number of carbonyl (C=O) groups is 1. The first-order valence-electron chi connectivity index (χ1n) is 9.23. The van der Waals surface area contributed by atoms with Crippen LogP contribution in [0.25, 0.3) is 0 Å². The van der Waals surface area contributed by atoms with Gasteiger partial charge in [0.2, 0.25) is 0 Å². The second-order valence-corrected chi connectivity index (χ2v) is 6.37. The first kappa shape index (κ1) is 18.6. The number of nitrogens with zero attached hydrogens (tertiary/aromatic N) is 1. The Kier molecular flexibility index (Phi) is 5.87. The van der Waals surface area contributed by atoms with Gasteiger partial charge in [0.05, 0.1) is 11.3 Å². The highest BCUT2D eigenvalue weighted by atomic mass is 16.5. The predicted octanol–water partition coefficient (Wildman–Crippen LogP) is 5.56. The standard InChI is InChI=1S/C23H24N2O2/c1-4-17-6-11-20(12-7-17)27-21-13-8-19(9-14-21)25-23(26)22-15-10-18(5-2)24-16(22)3/h6-15H,4-5H2,1-3H3,(H,25,26). The van der Waals surface area contributed by atoms with Gasteiger partial charge in [0.1, 0.15) is 11.5 Å². The number of aryl methyl sites for hydroxylation is 3. The van der Waals surface area contributed by atoms with E-state index in [2.05, 4.69) is 29.4 Å². The summed E-state index contributed by atoms with van der Waals surface area (Å²) >= 11 is 0. The zero-order chi connectivity index (χ0) is 19.2. The van der Waals surface area contributed by atoms with Crippen molar-refractivity contribution in [1.29, 1.82) is 0 Å². The molecule has 0 unspecified atom stereocenters. The topological polar surface area (TPSA) is 51.2 Å². The molecule has 27 heavy (non-hydrogen) atoms. The van der Waals surface area contributed by atoms with Crippen LogP contribution in [0.5, 0.6) is 11.5 Å². The van der Waals surface area contributed by atoms with Gasteiger partial charge in [-0.05, 0) is 73.9 Å². The molecule has 0 atom stereocenters. The number of carbonyl (C=O) groups excluding carboxylic acids is 1. The highest BCUT2D eigenvalue weighted by Crippen LogP contribution is 2.24. The molecule has 0 saturated heterocycles. The van der Waals surface area contributed by atoms with E-state index in [1.54, 1.807) is 0 Å². The van der Waals surface area contributed by atoms with Gasteiger partial charge in [0, 0.05) is 11.4 Å². The van der Waals surface area contributed by atoms with Crippen molar-refractivity contribution in [3.8, 4) is 11.5 Å². The molecule has 4 heteroatoms. The number of hydrogen-bond acceptors (Lipinski definition) is 3. The minimum absolute atomic E-state index is 0.161. The third-order valence-electron chi connectivity index (χ3n) is 4.43. The summed E-state index contributed by atoms with van der Waals surface area (Å²) in [5, 5.41) is 2.91. The van der Waals surface area contributed by atoms with Gasteiger partial charge in [-0.3, -0.25) is 9.78 Å². The van der Waals surface area contributed by atoms with Crippen LogP contribution in [0.1, 0.15) is 41.2 Å². The normalized spacial score (nSPS) is 10.5. The molecule has 3 aromatic rings. The van der Waals surface area contributed by atoms with Crippen molar-refractivity contribution in [2.75, 3.05) is 5.32 Å². The highest BCUT2D eigenvalue weighted by molar-refractivity contribution is 6.05. The number of rotatable bonds is 6. The smallest absolute Gasteiger partial charge is 0.257 e. The van der Waals surface area contributed by atoms with Gasteiger partial charge in [-0.2, -0.15) is 0 Å². The van der Waals surface area contributed by atoms with Crippen LogP contribution < -0.4 is 10.1 Å². The Bertz CT molecular complexity index is 916. The Morgan fingerprint density at radius 1 is 0.889 bits per heavy atom. The van der Waals surface area contributed by atoms with E-state index in [0.717, 1.165) is 35.7 Å². The number of hydrogen-bond donors (Lipinski definition) is 1. The Labute approximate surface area is 160 Å². The van der Waals surface area contributed by atoms with E-state index in [0.29, 0.717) is 11.3 Å².